The van der Waals surface area contributed by atoms with Crippen molar-refractivity contribution >= 4 is 11.6 Å². The molecule has 0 radical (unpaired) electrons. The molecular weight excluding hydrogens is 237 g/mol. The molecule has 17 heavy (non-hydrogen) atoms. The summed E-state index contributed by atoms with van der Waals surface area (Å²) in [6.07, 6.45) is 2.82. The van der Waals surface area contributed by atoms with Gasteiger partial charge in [-0.1, -0.05) is 31.5 Å². The summed E-state index contributed by atoms with van der Waals surface area (Å²) < 4.78 is 13.6. The number of benzene rings is 1. The third-order valence-electron chi connectivity index (χ3n) is 3.01. The molecule has 1 aromatic rings. The van der Waals surface area contributed by atoms with Crippen LogP contribution in [0.2, 0.25) is 5.02 Å². The normalized spacial score (nSPS) is 13.1. The molecule has 0 aliphatic heterocycles. The van der Waals surface area contributed by atoms with Gasteiger partial charge in [0.1, 0.15) is 5.82 Å². The van der Waals surface area contributed by atoms with Crippen LogP contribution >= 0.6 is 11.6 Å². The summed E-state index contributed by atoms with van der Waals surface area (Å²) in [5.41, 5.74) is 0.622. The Balaban J connectivity index is 2.67. The summed E-state index contributed by atoms with van der Waals surface area (Å²) in [6.45, 7) is 4.39. The van der Waals surface area contributed by atoms with Crippen LogP contribution in [-0.4, -0.2) is 13.1 Å². The van der Waals surface area contributed by atoms with Crippen molar-refractivity contribution in [1.29, 1.82) is 0 Å². The van der Waals surface area contributed by atoms with E-state index in [0.717, 1.165) is 12.8 Å². The molecule has 96 valence electrons. The fourth-order valence-electron chi connectivity index (χ4n) is 1.86. The maximum absolute atomic E-state index is 13.6. The minimum atomic E-state index is -0.206. The van der Waals surface area contributed by atoms with E-state index in [9.17, 15) is 4.39 Å². The predicted molar refractivity (Wildman–Crippen MR) is 72.0 cm³/mol. The summed E-state index contributed by atoms with van der Waals surface area (Å²) in [7, 11) is 1.92. The molecule has 0 aromatic heterocycles. The van der Waals surface area contributed by atoms with Crippen molar-refractivity contribution in [3.8, 4) is 0 Å². The molecule has 0 amide bonds. The van der Waals surface area contributed by atoms with Crippen molar-refractivity contribution in [2.24, 2.45) is 5.92 Å². The van der Waals surface area contributed by atoms with Crippen molar-refractivity contribution in [2.75, 3.05) is 7.05 Å². The minimum Gasteiger partial charge on any atom is -0.317 e. The maximum Gasteiger partial charge on any atom is 0.127 e. The summed E-state index contributed by atoms with van der Waals surface area (Å²) >= 11 is 6.03. The van der Waals surface area contributed by atoms with Crippen molar-refractivity contribution in [1.82, 2.24) is 5.32 Å². The van der Waals surface area contributed by atoms with Crippen LogP contribution in [0.1, 0.15) is 32.3 Å². The van der Waals surface area contributed by atoms with E-state index in [0.29, 0.717) is 22.9 Å². The predicted octanol–water partition coefficient (Wildman–Crippen LogP) is 4.05. The van der Waals surface area contributed by atoms with Crippen LogP contribution in [0.15, 0.2) is 18.2 Å². The highest BCUT2D eigenvalue weighted by Crippen LogP contribution is 2.22. The second-order valence-electron chi connectivity index (χ2n) is 4.86. The molecule has 3 heteroatoms. The monoisotopic (exact) mass is 257 g/mol. The van der Waals surface area contributed by atoms with E-state index in [1.165, 1.54) is 6.07 Å². The highest BCUT2D eigenvalue weighted by atomic mass is 35.5. The van der Waals surface area contributed by atoms with Crippen LogP contribution in [0.4, 0.5) is 4.39 Å². The summed E-state index contributed by atoms with van der Waals surface area (Å²) in [4.78, 5) is 0. The number of hydrogen-bond donors (Lipinski definition) is 1. The highest BCUT2D eigenvalue weighted by Gasteiger charge is 2.13. The smallest absolute Gasteiger partial charge is 0.127 e. The zero-order chi connectivity index (χ0) is 12.8. The number of likely N-dealkylation sites (N-methyl/N-ethyl adjacent to an activating group) is 1. The van der Waals surface area contributed by atoms with Crippen molar-refractivity contribution in [3.63, 3.8) is 0 Å². The Morgan fingerprint density at radius 2 is 2.00 bits per heavy atom. The van der Waals surface area contributed by atoms with Gasteiger partial charge >= 0.3 is 0 Å². The van der Waals surface area contributed by atoms with Gasteiger partial charge in [-0.15, -0.1) is 0 Å². The number of nitrogens with one attached hydrogen (secondary N) is 1. The van der Waals surface area contributed by atoms with Crippen LogP contribution in [0.3, 0.4) is 0 Å². The molecule has 0 heterocycles. The summed E-state index contributed by atoms with van der Waals surface area (Å²) in [5.74, 6) is 0.462. The van der Waals surface area contributed by atoms with E-state index >= 15 is 0 Å². The second-order valence-corrected chi connectivity index (χ2v) is 5.27. The fraction of sp³-hybridized carbons (Fsp3) is 0.571. The standard InChI is InChI=1S/C14H21ClFN/c1-10(2)7-8-11(17-3)9-12-13(15)5-4-6-14(12)16/h4-6,10-11,17H,7-9H2,1-3H3. The van der Waals surface area contributed by atoms with Gasteiger partial charge in [-0.2, -0.15) is 0 Å². The Morgan fingerprint density at radius 1 is 1.29 bits per heavy atom. The van der Waals surface area contributed by atoms with E-state index in [2.05, 4.69) is 19.2 Å². The topological polar surface area (TPSA) is 12.0 Å². The number of hydrogen-bond acceptors (Lipinski definition) is 1. The first kappa shape index (κ1) is 14.5. The zero-order valence-corrected chi connectivity index (χ0v) is 11.5. The second kappa shape index (κ2) is 6.97. The van der Waals surface area contributed by atoms with E-state index in [-0.39, 0.29) is 11.9 Å². The Bertz CT molecular complexity index is 332. The average molecular weight is 258 g/mol. The molecule has 1 aromatic carbocycles. The maximum atomic E-state index is 13.6. The molecule has 0 aliphatic carbocycles. The lowest BCUT2D eigenvalue weighted by Gasteiger charge is -2.18. The molecule has 1 atom stereocenters. The third kappa shape index (κ3) is 4.64. The van der Waals surface area contributed by atoms with E-state index in [4.69, 9.17) is 11.6 Å². The first-order valence-corrected chi connectivity index (χ1v) is 6.52. The van der Waals surface area contributed by atoms with Crippen LogP contribution in [0, 0.1) is 11.7 Å². The summed E-state index contributed by atoms with van der Waals surface area (Å²) in [6, 6.07) is 5.14. The van der Waals surface area contributed by atoms with Crippen LogP contribution in [0.5, 0.6) is 0 Å². The van der Waals surface area contributed by atoms with E-state index in [1.54, 1.807) is 12.1 Å². The molecule has 0 bridgehead atoms. The van der Waals surface area contributed by atoms with Crippen LogP contribution < -0.4 is 5.32 Å². The van der Waals surface area contributed by atoms with Crippen molar-refractivity contribution in [2.45, 2.75) is 39.2 Å². The Labute approximate surface area is 108 Å². The average Bonchev–Trinajstić information content (AvgIpc) is 2.27. The van der Waals surface area contributed by atoms with Gasteiger partial charge in [0.25, 0.3) is 0 Å². The SMILES string of the molecule is CNC(CCC(C)C)Cc1c(F)cccc1Cl. The van der Waals surface area contributed by atoms with Gasteiger partial charge in [-0.3, -0.25) is 0 Å². The molecule has 1 rings (SSSR count). The van der Waals surface area contributed by atoms with Crippen molar-refractivity contribution < 1.29 is 4.39 Å². The molecule has 0 saturated carbocycles. The largest absolute Gasteiger partial charge is 0.317 e. The van der Waals surface area contributed by atoms with Gasteiger partial charge in [0.05, 0.1) is 0 Å². The lowest BCUT2D eigenvalue weighted by Crippen LogP contribution is -2.28. The Kier molecular flexibility index (Phi) is 5.93. The van der Waals surface area contributed by atoms with Crippen LogP contribution in [0.25, 0.3) is 0 Å². The fourth-order valence-corrected chi connectivity index (χ4v) is 2.10. The van der Waals surface area contributed by atoms with Gasteiger partial charge in [0.15, 0.2) is 0 Å². The van der Waals surface area contributed by atoms with Gasteiger partial charge in [0.2, 0.25) is 0 Å². The quantitative estimate of drug-likeness (QED) is 0.811. The molecule has 0 spiro atoms. The van der Waals surface area contributed by atoms with E-state index < -0.39 is 0 Å². The molecule has 0 saturated heterocycles. The Morgan fingerprint density at radius 3 is 2.53 bits per heavy atom. The van der Waals surface area contributed by atoms with Crippen LogP contribution in [-0.2, 0) is 6.42 Å². The molecule has 1 nitrogen and oxygen atoms in total. The molecule has 1 N–H and O–H groups in total. The van der Waals surface area contributed by atoms with Gasteiger partial charge in [-0.05, 0) is 44.4 Å². The van der Waals surface area contributed by atoms with Gasteiger partial charge in [0, 0.05) is 16.6 Å². The first-order chi connectivity index (χ1) is 8.04. The third-order valence-corrected chi connectivity index (χ3v) is 3.37. The highest BCUT2D eigenvalue weighted by molar-refractivity contribution is 6.31. The Hall–Kier alpha value is -0.600. The van der Waals surface area contributed by atoms with Gasteiger partial charge < -0.3 is 5.32 Å². The first-order valence-electron chi connectivity index (χ1n) is 6.14. The zero-order valence-electron chi connectivity index (χ0n) is 10.8. The summed E-state index contributed by atoms with van der Waals surface area (Å²) in [5, 5.41) is 3.76. The molecule has 0 fully saturated rings. The lowest BCUT2D eigenvalue weighted by atomic mass is 9.97. The molecule has 1 unspecified atom stereocenters. The van der Waals surface area contributed by atoms with E-state index in [1.807, 2.05) is 7.05 Å². The lowest BCUT2D eigenvalue weighted by molar-refractivity contribution is 0.445. The number of rotatable bonds is 6. The molecular formula is C14H21ClFN. The minimum absolute atomic E-state index is 0.206. The van der Waals surface area contributed by atoms with Gasteiger partial charge in [-0.25, -0.2) is 4.39 Å². The van der Waals surface area contributed by atoms with Crippen molar-refractivity contribution in [3.05, 3.63) is 34.6 Å². The number of halogens is 2. The molecule has 0 aliphatic rings.